The molecular weight excluding hydrogens is 529 g/mol. The van der Waals surface area contributed by atoms with Gasteiger partial charge in [0.15, 0.2) is 6.29 Å². The Bertz CT molecular complexity index is 549. The molecule has 0 heterocycles. The fourth-order valence-corrected chi connectivity index (χ4v) is 4.21. The Hall–Kier alpha value is 0.560. The summed E-state index contributed by atoms with van der Waals surface area (Å²) in [6.07, 6.45) is 0.914. The van der Waals surface area contributed by atoms with Crippen LogP contribution < -0.4 is 0 Å². The van der Waals surface area contributed by atoms with Gasteiger partial charge in [-0.1, -0.05) is 6.07 Å². The number of fused-ring (bicyclic) bond motifs is 1. The van der Waals surface area contributed by atoms with Gasteiger partial charge in [0.05, 0.1) is 0 Å². The average Bonchev–Trinajstić information content (AvgIpc) is 2.23. The molecule has 2 aromatic carbocycles. The predicted molar refractivity (Wildman–Crippen MR) is 87.5 cm³/mol. The maximum Gasteiger partial charge on any atom is 0.151 e. The molecule has 0 spiro atoms. The van der Waals surface area contributed by atoms with Crippen LogP contribution in [0.3, 0.4) is 0 Å². The van der Waals surface area contributed by atoms with E-state index in [0.29, 0.717) is 0 Å². The van der Waals surface area contributed by atoms with Crippen LogP contribution in [0.15, 0.2) is 24.3 Å². The molecular formula is C11H5I3O. The largest absolute Gasteiger partial charge is 0.298 e. The molecule has 0 bridgehead atoms. The topological polar surface area (TPSA) is 17.1 Å². The summed E-state index contributed by atoms with van der Waals surface area (Å²) < 4.78 is 3.46. The highest BCUT2D eigenvalue weighted by molar-refractivity contribution is 14.1. The number of rotatable bonds is 1. The van der Waals surface area contributed by atoms with Crippen molar-refractivity contribution in [1.29, 1.82) is 0 Å². The van der Waals surface area contributed by atoms with Crippen molar-refractivity contribution in [3.8, 4) is 0 Å². The second-order valence-corrected chi connectivity index (χ2v) is 6.44. The Labute approximate surface area is 128 Å². The third kappa shape index (κ3) is 2.17. The van der Waals surface area contributed by atoms with Gasteiger partial charge < -0.3 is 0 Å². The van der Waals surface area contributed by atoms with Crippen molar-refractivity contribution < 1.29 is 4.79 Å². The molecule has 76 valence electrons. The van der Waals surface area contributed by atoms with Gasteiger partial charge in [-0.3, -0.25) is 4.79 Å². The lowest BCUT2D eigenvalue weighted by Gasteiger charge is -2.07. The van der Waals surface area contributed by atoms with E-state index in [-0.39, 0.29) is 0 Å². The summed E-state index contributed by atoms with van der Waals surface area (Å²) in [6, 6.07) is 8.09. The fraction of sp³-hybridized carbons (Fsp3) is 0. The van der Waals surface area contributed by atoms with Gasteiger partial charge in [0.2, 0.25) is 0 Å². The van der Waals surface area contributed by atoms with Crippen molar-refractivity contribution in [2.45, 2.75) is 0 Å². The highest BCUT2D eigenvalue weighted by atomic mass is 127. The fourth-order valence-electron chi connectivity index (χ4n) is 1.44. The van der Waals surface area contributed by atoms with Gasteiger partial charge in [-0.25, -0.2) is 0 Å². The smallest absolute Gasteiger partial charge is 0.151 e. The molecule has 0 unspecified atom stereocenters. The molecule has 0 N–H and O–H groups in total. The van der Waals surface area contributed by atoms with E-state index in [1.54, 1.807) is 0 Å². The molecule has 0 aliphatic heterocycles. The second kappa shape index (κ2) is 4.82. The number of hydrogen-bond donors (Lipinski definition) is 0. The first-order chi connectivity index (χ1) is 7.15. The standard InChI is InChI=1S/C11H5I3O/c12-8-3-4-9(13)10-7(8)2-1-6(5-15)11(10)14/h1-5H. The number of halogens is 3. The number of hydrogen-bond acceptors (Lipinski definition) is 1. The quantitative estimate of drug-likeness (QED) is 0.391. The SMILES string of the molecule is O=Cc1ccc2c(I)ccc(I)c2c1I. The van der Waals surface area contributed by atoms with Gasteiger partial charge in [0, 0.05) is 21.7 Å². The highest BCUT2D eigenvalue weighted by Gasteiger charge is 2.09. The van der Waals surface area contributed by atoms with Crippen molar-refractivity contribution in [2.24, 2.45) is 0 Å². The van der Waals surface area contributed by atoms with Gasteiger partial charge >= 0.3 is 0 Å². The molecule has 0 saturated heterocycles. The minimum Gasteiger partial charge on any atom is -0.298 e. The lowest BCUT2D eigenvalue weighted by Crippen LogP contribution is -1.91. The first kappa shape index (κ1) is 12.0. The van der Waals surface area contributed by atoms with E-state index < -0.39 is 0 Å². The monoisotopic (exact) mass is 534 g/mol. The van der Waals surface area contributed by atoms with Crippen LogP contribution in [0.4, 0.5) is 0 Å². The molecule has 1 nitrogen and oxygen atoms in total. The summed E-state index contributed by atoms with van der Waals surface area (Å²) in [7, 11) is 0. The average molecular weight is 534 g/mol. The Morgan fingerprint density at radius 3 is 2.27 bits per heavy atom. The van der Waals surface area contributed by atoms with E-state index in [4.69, 9.17) is 0 Å². The van der Waals surface area contributed by atoms with E-state index >= 15 is 0 Å². The predicted octanol–water partition coefficient (Wildman–Crippen LogP) is 4.47. The van der Waals surface area contributed by atoms with Crippen LogP contribution in [0.1, 0.15) is 10.4 Å². The van der Waals surface area contributed by atoms with Crippen molar-refractivity contribution in [1.82, 2.24) is 0 Å². The first-order valence-electron chi connectivity index (χ1n) is 4.16. The van der Waals surface area contributed by atoms with Crippen LogP contribution in [0.25, 0.3) is 10.8 Å². The number of benzene rings is 2. The van der Waals surface area contributed by atoms with Crippen LogP contribution in [-0.4, -0.2) is 6.29 Å². The molecule has 0 saturated carbocycles. The van der Waals surface area contributed by atoms with Crippen molar-refractivity contribution in [3.05, 3.63) is 40.5 Å². The maximum absolute atomic E-state index is 10.9. The van der Waals surface area contributed by atoms with E-state index in [9.17, 15) is 4.79 Å². The number of aldehydes is 1. The molecule has 0 aliphatic carbocycles. The van der Waals surface area contributed by atoms with Gasteiger partial charge in [0.1, 0.15) is 0 Å². The summed E-state index contributed by atoms with van der Waals surface area (Å²) in [6.45, 7) is 0. The van der Waals surface area contributed by atoms with Crippen molar-refractivity contribution in [3.63, 3.8) is 0 Å². The van der Waals surface area contributed by atoms with E-state index in [1.807, 2.05) is 12.1 Å². The Kier molecular flexibility index (Phi) is 3.87. The summed E-state index contributed by atoms with van der Waals surface area (Å²) in [5.74, 6) is 0. The second-order valence-electron chi connectivity index (χ2n) is 3.04. The summed E-state index contributed by atoms with van der Waals surface area (Å²) >= 11 is 6.87. The van der Waals surface area contributed by atoms with Gasteiger partial charge in [0.25, 0.3) is 0 Å². The lowest BCUT2D eigenvalue weighted by atomic mass is 10.1. The third-order valence-corrected chi connectivity index (χ3v) is 5.17. The van der Waals surface area contributed by atoms with Crippen molar-refractivity contribution in [2.75, 3.05) is 0 Å². The normalized spacial score (nSPS) is 10.6. The summed E-state index contributed by atoms with van der Waals surface area (Å²) in [5.41, 5.74) is 0.767. The summed E-state index contributed by atoms with van der Waals surface area (Å²) in [5, 5.41) is 2.41. The van der Waals surface area contributed by atoms with Crippen LogP contribution in [0.2, 0.25) is 0 Å². The van der Waals surface area contributed by atoms with Gasteiger partial charge in [-0.05, 0) is 91.4 Å². The van der Waals surface area contributed by atoms with Crippen LogP contribution in [0.5, 0.6) is 0 Å². The van der Waals surface area contributed by atoms with Crippen LogP contribution in [-0.2, 0) is 0 Å². The number of carbonyl (C=O) groups excluding carboxylic acids is 1. The van der Waals surface area contributed by atoms with Crippen LogP contribution >= 0.6 is 67.8 Å². The maximum atomic E-state index is 10.9. The zero-order valence-corrected chi connectivity index (χ0v) is 13.9. The van der Waals surface area contributed by atoms with Gasteiger partial charge in [-0.15, -0.1) is 0 Å². The molecule has 0 amide bonds. The van der Waals surface area contributed by atoms with Crippen LogP contribution in [0, 0.1) is 10.7 Å². The molecule has 0 radical (unpaired) electrons. The molecule has 0 fully saturated rings. The zero-order chi connectivity index (χ0) is 11.0. The number of carbonyl (C=O) groups is 1. The minimum absolute atomic E-state index is 0.767. The highest BCUT2D eigenvalue weighted by Crippen LogP contribution is 2.30. The minimum atomic E-state index is 0.767. The van der Waals surface area contributed by atoms with E-state index in [1.165, 1.54) is 17.9 Å². The molecule has 4 heteroatoms. The zero-order valence-electron chi connectivity index (χ0n) is 7.43. The molecule has 0 aromatic heterocycles. The summed E-state index contributed by atoms with van der Waals surface area (Å²) in [4.78, 5) is 10.9. The van der Waals surface area contributed by atoms with E-state index in [2.05, 4.69) is 79.9 Å². The molecule has 2 rings (SSSR count). The Morgan fingerprint density at radius 2 is 1.60 bits per heavy atom. The van der Waals surface area contributed by atoms with Crippen molar-refractivity contribution >= 4 is 84.8 Å². The Morgan fingerprint density at radius 1 is 0.933 bits per heavy atom. The van der Waals surface area contributed by atoms with E-state index in [0.717, 1.165) is 15.4 Å². The Balaban J connectivity index is 2.98. The lowest BCUT2D eigenvalue weighted by molar-refractivity contribution is 0.112. The molecule has 15 heavy (non-hydrogen) atoms. The first-order valence-corrected chi connectivity index (χ1v) is 7.40. The molecule has 2 aromatic rings. The third-order valence-electron chi connectivity index (χ3n) is 2.17. The molecule has 0 atom stereocenters. The molecule has 0 aliphatic rings. The van der Waals surface area contributed by atoms with Gasteiger partial charge in [-0.2, -0.15) is 0 Å².